The smallest absolute Gasteiger partial charge is 0.244 e. The Kier molecular flexibility index (Phi) is 4.24. The van der Waals surface area contributed by atoms with Gasteiger partial charge in [0, 0.05) is 29.6 Å². The van der Waals surface area contributed by atoms with Crippen molar-refractivity contribution in [3.63, 3.8) is 0 Å². The summed E-state index contributed by atoms with van der Waals surface area (Å²) < 4.78 is 40.5. The molecule has 1 saturated carbocycles. The lowest BCUT2D eigenvalue weighted by Gasteiger charge is -2.10. The minimum absolute atomic E-state index is 0.368. The molecule has 3 heterocycles. The maximum atomic E-state index is 12.9. The number of halogens is 3. The summed E-state index contributed by atoms with van der Waals surface area (Å²) in [6.07, 6.45) is 4.04. The summed E-state index contributed by atoms with van der Waals surface area (Å²) in [7, 11) is 0. The number of hydrogen-bond donors (Lipinski definition) is 0. The van der Waals surface area contributed by atoms with Gasteiger partial charge < -0.3 is 0 Å². The van der Waals surface area contributed by atoms with E-state index in [1.165, 1.54) is 18.5 Å². The Hall–Kier alpha value is -3.73. The van der Waals surface area contributed by atoms with Crippen molar-refractivity contribution < 1.29 is 13.2 Å². The van der Waals surface area contributed by atoms with Gasteiger partial charge in [-0.3, -0.25) is 0 Å². The van der Waals surface area contributed by atoms with Crippen LogP contribution >= 0.6 is 0 Å². The standard InChI is InChI=1S/C22H14F3N5/c23-22(24,25)18-7-5-15(6-8-18)19-9-20(16-3-4-16)30-21(29-19)17(12-28-30)2-1-14-10-26-13-27-11-14/h5-13,16H,3-4H2. The topological polar surface area (TPSA) is 56.0 Å². The molecule has 5 nitrogen and oxygen atoms in total. The van der Waals surface area contributed by atoms with E-state index in [1.54, 1.807) is 23.1 Å². The summed E-state index contributed by atoms with van der Waals surface area (Å²) in [4.78, 5) is 12.5. The van der Waals surface area contributed by atoms with Gasteiger partial charge in [-0.25, -0.2) is 19.5 Å². The number of nitrogens with zero attached hydrogens (tertiary/aromatic N) is 5. The Morgan fingerprint density at radius 1 is 0.967 bits per heavy atom. The Labute approximate surface area is 169 Å². The van der Waals surface area contributed by atoms with Crippen molar-refractivity contribution >= 4 is 5.65 Å². The van der Waals surface area contributed by atoms with Gasteiger partial charge in [0.1, 0.15) is 6.33 Å². The predicted octanol–water partition coefficient (Wildman–Crippen LogP) is 4.48. The third kappa shape index (κ3) is 3.50. The number of alkyl halides is 3. The first-order valence-electron chi connectivity index (χ1n) is 9.32. The van der Waals surface area contributed by atoms with Crippen LogP contribution in [0.1, 0.15) is 41.1 Å². The molecule has 0 unspecified atom stereocenters. The summed E-state index contributed by atoms with van der Waals surface area (Å²) in [6, 6.07) is 6.94. The van der Waals surface area contributed by atoms with Gasteiger partial charge in [0.25, 0.3) is 0 Å². The summed E-state index contributed by atoms with van der Waals surface area (Å²) in [5.41, 5.74) is 3.40. The third-order valence-electron chi connectivity index (χ3n) is 4.91. The zero-order valence-electron chi connectivity index (χ0n) is 15.6. The Morgan fingerprint density at radius 3 is 2.37 bits per heavy atom. The highest BCUT2D eigenvalue weighted by Gasteiger charge is 2.31. The largest absolute Gasteiger partial charge is 0.416 e. The average Bonchev–Trinajstić information content (AvgIpc) is 3.52. The van der Waals surface area contributed by atoms with Crippen LogP contribution in [0.3, 0.4) is 0 Å². The van der Waals surface area contributed by atoms with Crippen LogP contribution in [-0.4, -0.2) is 24.6 Å². The van der Waals surface area contributed by atoms with Gasteiger partial charge in [-0.2, -0.15) is 18.3 Å². The molecule has 0 N–H and O–H groups in total. The average molecular weight is 405 g/mol. The minimum atomic E-state index is -4.37. The normalized spacial score (nSPS) is 13.8. The molecule has 0 aliphatic heterocycles. The molecular formula is C22H14F3N5. The van der Waals surface area contributed by atoms with Crippen molar-refractivity contribution in [2.45, 2.75) is 24.9 Å². The van der Waals surface area contributed by atoms with Crippen molar-refractivity contribution in [3.8, 4) is 23.1 Å². The van der Waals surface area contributed by atoms with E-state index in [-0.39, 0.29) is 0 Å². The number of benzene rings is 1. The Balaban J connectivity index is 1.61. The molecule has 148 valence electrons. The highest BCUT2D eigenvalue weighted by atomic mass is 19.4. The maximum absolute atomic E-state index is 12.9. The number of aromatic nitrogens is 5. The van der Waals surface area contributed by atoms with Crippen LogP contribution in [-0.2, 0) is 6.18 Å². The highest BCUT2D eigenvalue weighted by Crippen LogP contribution is 2.41. The highest BCUT2D eigenvalue weighted by molar-refractivity contribution is 5.67. The van der Waals surface area contributed by atoms with E-state index in [0.29, 0.717) is 33.9 Å². The molecule has 0 saturated heterocycles. The van der Waals surface area contributed by atoms with Crippen LogP contribution in [0.15, 0.2) is 55.2 Å². The van der Waals surface area contributed by atoms with Gasteiger partial charge in [-0.15, -0.1) is 0 Å². The van der Waals surface area contributed by atoms with Gasteiger partial charge in [-0.05, 0) is 31.0 Å². The lowest BCUT2D eigenvalue weighted by molar-refractivity contribution is -0.137. The quantitative estimate of drug-likeness (QED) is 0.462. The van der Waals surface area contributed by atoms with E-state index in [1.807, 2.05) is 6.07 Å². The van der Waals surface area contributed by atoms with Crippen LogP contribution < -0.4 is 0 Å². The monoisotopic (exact) mass is 405 g/mol. The first-order chi connectivity index (χ1) is 14.5. The fourth-order valence-corrected chi connectivity index (χ4v) is 3.23. The Bertz CT molecular complexity index is 1280. The first-order valence-corrected chi connectivity index (χ1v) is 9.32. The SMILES string of the molecule is FC(F)(F)c1ccc(-c2cc(C3CC3)n3ncc(C#Cc4cncnc4)c3n2)cc1. The molecule has 5 rings (SSSR count). The summed E-state index contributed by atoms with van der Waals surface area (Å²) >= 11 is 0. The van der Waals surface area contributed by atoms with Crippen LogP contribution in [0.25, 0.3) is 16.9 Å². The van der Waals surface area contributed by atoms with E-state index in [0.717, 1.165) is 30.7 Å². The molecular weight excluding hydrogens is 391 g/mol. The lowest BCUT2D eigenvalue weighted by atomic mass is 10.1. The number of hydrogen-bond acceptors (Lipinski definition) is 4. The van der Waals surface area contributed by atoms with Crippen molar-refractivity contribution in [2.24, 2.45) is 0 Å². The molecule has 1 aliphatic rings. The fraction of sp³-hybridized carbons (Fsp3) is 0.182. The van der Waals surface area contributed by atoms with Gasteiger partial charge in [0.2, 0.25) is 0 Å². The molecule has 30 heavy (non-hydrogen) atoms. The Morgan fingerprint density at radius 2 is 1.70 bits per heavy atom. The van der Waals surface area contributed by atoms with Crippen LogP contribution in [0, 0.1) is 11.8 Å². The zero-order valence-corrected chi connectivity index (χ0v) is 15.6. The minimum Gasteiger partial charge on any atom is -0.244 e. The first kappa shape index (κ1) is 18.3. The van der Waals surface area contributed by atoms with Crippen molar-refractivity contribution in [2.75, 3.05) is 0 Å². The number of fused-ring (bicyclic) bond motifs is 1. The molecule has 3 aromatic heterocycles. The molecule has 8 heteroatoms. The van der Waals surface area contributed by atoms with Crippen LogP contribution in [0.4, 0.5) is 13.2 Å². The second-order valence-electron chi connectivity index (χ2n) is 7.09. The summed E-state index contributed by atoms with van der Waals surface area (Å²) in [5.74, 6) is 6.41. The maximum Gasteiger partial charge on any atom is 0.416 e. The molecule has 1 aromatic carbocycles. The second kappa shape index (κ2) is 6.95. The third-order valence-corrected chi connectivity index (χ3v) is 4.91. The molecule has 0 bridgehead atoms. The molecule has 1 aliphatic carbocycles. The summed E-state index contributed by atoms with van der Waals surface area (Å²) in [6.45, 7) is 0. The lowest BCUT2D eigenvalue weighted by Crippen LogP contribution is -2.04. The van der Waals surface area contributed by atoms with E-state index in [4.69, 9.17) is 0 Å². The predicted molar refractivity (Wildman–Crippen MR) is 103 cm³/mol. The van der Waals surface area contributed by atoms with E-state index < -0.39 is 11.7 Å². The molecule has 0 atom stereocenters. The van der Waals surface area contributed by atoms with Gasteiger partial charge >= 0.3 is 6.18 Å². The molecule has 1 fully saturated rings. The van der Waals surface area contributed by atoms with Gasteiger partial charge in [0.05, 0.1) is 28.6 Å². The second-order valence-corrected chi connectivity index (χ2v) is 7.09. The van der Waals surface area contributed by atoms with E-state index in [9.17, 15) is 13.2 Å². The van der Waals surface area contributed by atoms with E-state index >= 15 is 0 Å². The van der Waals surface area contributed by atoms with Gasteiger partial charge in [-0.1, -0.05) is 24.0 Å². The van der Waals surface area contributed by atoms with Crippen molar-refractivity contribution in [1.82, 2.24) is 24.6 Å². The fourth-order valence-electron chi connectivity index (χ4n) is 3.23. The van der Waals surface area contributed by atoms with Crippen molar-refractivity contribution in [3.05, 3.63) is 77.6 Å². The summed E-state index contributed by atoms with van der Waals surface area (Å²) in [5, 5.41) is 4.44. The van der Waals surface area contributed by atoms with Crippen LogP contribution in [0.2, 0.25) is 0 Å². The number of rotatable bonds is 2. The molecule has 0 spiro atoms. The molecule has 0 amide bonds. The van der Waals surface area contributed by atoms with Gasteiger partial charge in [0.15, 0.2) is 5.65 Å². The van der Waals surface area contributed by atoms with Crippen LogP contribution in [0.5, 0.6) is 0 Å². The molecule has 0 radical (unpaired) electrons. The zero-order chi connectivity index (χ0) is 20.7. The molecule has 4 aromatic rings. The van der Waals surface area contributed by atoms with E-state index in [2.05, 4.69) is 31.9 Å². The van der Waals surface area contributed by atoms with Crippen molar-refractivity contribution in [1.29, 1.82) is 0 Å².